The van der Waals surface area contributed by atoms with Gasteiger partial charge in [0.25, 0.3) is 5.91 Å². The molecule has 0 saturated carbocycles. The number of piperidine rings is 1. The van der Waals surface area contributed by atoms with Crippen molar-refractivity contribution in [1.82, 2.24) is 15.1 Å². The van der Waals surface area contributed by atoms with Gasteiger partial charge in [-0.15, -0.1) is 0 Å². The Bertz CT molecular complexity index is 1330. The minimum Gasteiger partial charge on any atom is -0.367 e. The van der Waals surface area contributed by atoms with Crippen molar-refractivity contribution in [2.45, 2.75) is 37.3 Å². The van der Waals surface area contributed by atoms with Crippen LogP contribution in [0.15, 0.2) is 78.9 Å². The molecule has 0 aromatic heterocycles. The van der Waals surface area contributed by atoms with Crippen LogP contribution in [-0.2, 0) is 20.7 Å². The lowest BCUT2D eigenvalue weighted by atomic mass is 9.80. The molecule has 5 rings (SSSR count). The lowest BCUT2D eigenvalue weighted by molar-refractivity contribution is -0.122. The molecule has 1 atom stereocenters. The average molecular weight is 581 g/mol. The molecule has 8 heteroatoms. The van der Waals surface area contributed by atoms with Crippen LogP contribution in [0.5, 0.6) is 0 Å². The smallest absolute Gasteiger partial charge is 0.254 e. The summed E-state index contributed by atoms with van der Waals surface area (Å²) in [5.41, 5.74) is 1.64. The maximum absolute atomic E-state index is 13.4. The SMILES string of the molecule is CC(=O)NC1(c2ccccc2)CCN(CCC2(c3ccc(Cl)c(Cl)c3)CN(C(=O)c3ccccc3)CCO2)CC1. The third-order valence-corrected chi connectivity index (χ3v) is 8.96. The zero-order valence-electron chi connectivity index (χ0n) is 22.7. The minimum atomic E-state index is -0.720. The molecule has 2 fully saturated rings. The molecular weight excluding hydrogens is 545 g/mol. The minimum absolute atomic E-state index is 0.00531. The van der Waals surface area contributed by atoms with Crippen molar-refractivity contribution in [3.8, 4) is 0 Å². The molecule has 2 aliphatic heterocycles. The fourth-order valence-electron chi connectivity index (χ4n) is 6.05. The van der Waals surface area contributed by atoms with E-state index in [9.17, 15) is 9.59 Å². The van der Waals surface area contributed by atoms with Crippen LogP contribution in [0.3, 0.4) is 0 Å². The van der Waals surface area contributed by atoms with Gasteiger partial charge in [0.1, 0.15) is 5.60 Å². The van der Waals surface area contributed by atoms with Gasteiger partial charge in [-0.1, -0.05) is 77.8 Å². The first-order chi connectivity index (χ1) is 19.3. The highest BCUT2D eigenvalue weighted by atomic mass is 35.5. The molecule has 2 heterocycles. The molecule has 1 unspecified atom stereocenters. The Hall–Kier alpha value is -2.90. The number of likely N-dealkylation sites (tertiary alicyclic amines) is 1. The molecule has 0 aliphatic carbocycles. The van der Waals surface area contributed by atoms with Gasteiger partial charge in [-0.2, -0.15) is 0 Å². The molecule has 2 aliphatic rings. The average Bonchev–Trinajstić information content (AvgIpc) is 2.98. The fourth-order valence-corrected chi connectivity index (χ4v) is 6.35. The number of halogens is 2. The van der Waals surface area contributed by atoms with Gasteiger partial charge in [0.15, 0.2) is 0 Å². The molecular formula is C32H35Cl2N3O3. The lowest BCUT2D eigenvalue weighted by Crippen LogP contribution is -2.55. The van der Waals surface area contributed by atoms with E-state index in [4.69, 9.17) is 27.9 Å². The number of amides is 2. The number of ether oxygens (including phenoxy) is 1. The standard InChI is InChI=1S/C32H35Cl2N3O3/c1-24(38)35-31(26-10-6-3-7-11-26)14-17-36(18-15-31)19-16-32(27-12-13-28(33)29(34)22-27)23-37(20-21-40-32)30(39)25-8-4-2-5-9-25/h2-13,22H,14-21,23H2,1H3,(H,35,38). The second-order valence-corrected chi connectivity index (χ2v) is 11.6. The summed E-state index contributed by atoms with van der Waals surface area (Å²) >= 11 is 12.7. The Morgan fingerprint density at radius 3 is 2.20 bits per heavy atom. The molecule has 1 N–H and O–H groups in total. The Morgan fingerprint density at radius 1 is 0.875 bits per heavy atom. The number of morpholine rings is 1. The first kappa shape index (κ1) is 28.6. The lowest BCUT2D eigenvalue weighted by Gasteiger charge is -2.46. The van der Waals surface area contributed by atoms with E-state index in [1.54, 1.807) is 13.0 Å². The van der Waals surface area contributed by atoms with E-state index < -0.39 is 5.60 Å². The van der Waals surface area contributed by atoms with Crippen molar-refractivity contribution in [3.63, 3.8) is 0 Å². The quantitative estimate of drug-likeness (QED) is 0.379. The molecule has 2 saturated heterocycles. The van der Waals surface area contributed by atoms with Gasteiger partial charge in [-0.3, -0.25) is 9.59 Å². The fraction of sp³-hybridized carbons (Fsp3) is 0.375. The summed E-state index contributed by atoms with van der Waals surface area (Å²) in [5.74, 6) is -0.0242. The first-order valence-electron chi connectivity index (χ1n) is 13.8. The monoisotopic (exact) mass is 579 g/mol. The second-order valence-electron chi connectivity index (χ2n) is 10.8. The maximum Gasteiger partial charge on any atom is 0.254 e. The van der Waals surface area contributed by atoms with Gasteiger partial charge < -0.3 is 19.9 Å². The number of carbonyl (C=O) groups excluding carboxylic acids is 2. The van der Waals surface area contributed by atoms with Gasteiger partial charge in [-0.25, -0.2) is 0 Å². The summed E-state index contributed by atoms with van der Waals surface area (Å²) in [5, 5.41) is 4.21. The maximum atomic E-state index is 13.4. The number of hydrogen-bond donors (Lipinski definition) is 1. The summed E-state index contributed by atoms with van der Waals surface area (Å²) in [4.78, 5) is 29.9. The van der Waals surface area contributed by atoms with Crippen molar-refractivity contribution < 1.29 is 14.3 Å². The summed E-state index contributed by atoms with van der Waals surface area (Å²) in [6.45, 7) is 5.40. The Kier molecular flexibility index (Phi) is 8.81. The third-order valence-electron chi connectivity index (χ3n) is 8.22. The van der Waals surface area contributed by atoms with E-state index in [1.165, 1.54) is 0 Å². The largest absolute Gasteiger partial charge is 0.367 e. The van der Waals surface area contributed by atoms with E-state index in [-0.39, 0.29) is 17.4 Å². The van der Waals surface area contributed by atoms with Gasteiger partial charge in [0.2, 0.25) is 5.91 Å². The molecule has 3 aromatic carbocycles. The predicted octanol–water partition coefficient (Wildman–Crippen LogP) is 5.88. The topological polar surface area (TPSA) is 61.9 Å². The van der Waals surface area contributed by atoms with Crippen molar-refractivity contribution in [2.24, 2.45) is 0 Å². The molecule has 3 aromatic rings. The van der Waals surface area contributed by atoms with E-state index in [1.807, 2.05) is 65.6 Å². The normalized spacial score (nSPS) is 21.1. The zero-order chi connectivity index (χ0) is 28.2. The number of carbonyl (C=O) groups is 2. The molecule has 0 spiro atoms. The number of rotatable bonds is 7. The van der Waals surface area contributed by atoms with Gasteiger partial charge >= 0.3 is 0 Å². The molecule has 40 heavy (non-hydrogen) atoms. The van der Waals surface area contributed by atoms with Crippen molar-refractivity contribution >= 4 is 35.0 Å². The predicted molar refractivity (Wildman–Crippen MR) is 159 cm³/mol. The van der Waals surface area contributed by atoms with Crippen LogP contribution in [-0.4, -0.2) is 60.9 Å². The Balaban J connectivity index is 1.34. The van der Waals surface area contributed by atoms with Gasteiger partial charge in [-0.05, 0) is 54.7 Å². The molecule has 210 valence electrons. The summed E-state index contributed by atoms with van der Waals surface area (Å²) in [7, 11) is 0. The number of nitrogens with one attached hydrogen (secondary N) is 1. The van der Waals surface area contributed by atoms with Crippen LogP contribution in [0.2, 0.25) is 10.0 Å². The highest BCUT2D eigenvalue weighted by Gasteiger charge is 2.42. The van der Waals surface area contributed by atoms with Crippen LogP contribution in [0, 0.1) is 0 Å². The molecule has 2 amide bonds. The Labute approximate surface area is 246 Å². The van der Waals surface area contributed by atoms with Crippen molar-refractivity contribution in [3.05, 3.63) is 106 Å². The van der Waals surface area contributed by atoms with Crippen LogP contribution in [0.1, 0.15) is 47.7 Å². The van der Waals surface area contributed by atoms with Crippen molar-refractivity contribution in [1.29, 1.82) is 0 Å². The first-order valence-corrected chi connectivity index (χ1v) is 14.6. The molecule has 0 bridgehead atoms. The van der Waals surface area contributed by atoms with Crippen LogP contribution < -0.4 is 5.32 Å². The third kappa shape index (κ3) is 6.21. The van der Waals surface area contributed by atoms with E-state index >= 15 is 0 Å². The number of benzene rings is 3. The van der Waals surface area contributed by atoms with Crippen LogP contribution >= 0.6 is 23.2 Å². The summed E-state index contributed by atoms with van der Waals surface area (Å²) in [6, 6.07) is 25.2. The number of hydrogen-bond acceptors (Lipinski definition) is 4. The highest BCUT2D eigenvalue weighted by molar-refractivity contribution is 6.42. The van der Waals surface area contributed by atoms with E-state index in [2.05, 4.69) is 22.3 Å². The summed E-state index contributed by atoms with van der Waals surface area (Å²) < 4.78 is 6.54. The van der Waals surface area contributed by atoms with Crippen molar-refractivity contribution in [2.75, 3.05) is 39.3 Å². The Morgan fingerprint density at radius 2 is 1.55 bits per heavy atom. The summed E-state index contributed by atoms with van der Waals surface area (Å²) in [6.07, 6.45) is 2.31. The zero-order valence-corrected chi connectivity index (χ0v) is 24.3. The van der Waals surface area contributed by atoms with Gasteiger partial charge in [0.05, 0.1) is 28.7 Å². The van der Waals surface area contributed by atoms with Crippen LogP contribution in [0.4, 0.5) is 0 Å². The van der Waals surface area contributed by atoms with E-state index in [0.717, 1.165) is 43.6 Å². The number of nitrogens with zero attached hydrogens (tertiary/aromatic N) is 2. The molecule has 6 nitrogen and oxygen atoms in total. The second kappa shape index (κ2) is 12.3. The molecule has 0 radical (unpaired) electrons. The highest BCUT2D eigenvalue weighted by Crippen LogP contribution is 2.38. The van der Waals surface area contributed by atoms with Gasteiger partial charge in [0, 0.05) is 38.7 Å². The van der Waals surface area contributed by atoms with E-state index in [0.29, 0.717) is 41.7 Å². The van der Waals surface area contributed by atoms with Crippen LogP contribution in [0.25, 0.3) is 0 Å².